The number of aryl methyl sites for hydroxylation is 1. The Bertz CT molecular complexity index is 760. The summed E-state index contributed by atoms with van der Waals surface area (Å²) in [6.45, 7) is 8.97. The van der Waals surface area contributed by atoms with Crippen molar-refractivity contribution in [1.29, 1.82) is 0 Å². The van der Waals surface area contributed by atoms with Gasteiger partial charge in [0.1, 0.15) is 0 Å². The minimum Gasteiger partial charge on any atom is -0.380 e. The van der Waals surface area contributed by atoms with Crippen LogP contribution in [0.4, 0.5) is 0 Å². The maximum absolute atomic E-state index is 3.60. The van der Waals surface area contributed by atoms with Gasteiger partial charge in [-0.15, -0.1) is 0 Å². The van der Waals surface area contributed by atoms with Gasteiger partial charge in [0.25, 0.3) is 0 Å². The summed E-state index contributed by atoms with van der Waals surface area (Å²) in [6.07, 6.45) is 7.80. The van der Waals surface area contributed by atoms with Gasteiger partial charge in [0.2, 0.25) is 0 Å². The Labute approximate surface area is 146 Å². The molecule has 2 aromatic carbocycles. The maximum atomic E-state index is 3.60. The molecule has 0 spiro atoms. The number of nitrogens with one attached hydrogen (secondary N) is 1. The normalized spacial score (nSPS) is 17.3. The molecule has 1 nitrogen and oxygen atoms in total. The fraction of sp³-hybridized carbons (Fsp3) is 0.304. The monoisotopic (exact) mass is 317 g/mol. The SMILES string of the molecule is CCc1ccc(-c2ccccc2)cc1C1C=CC(C(C)(C)C)=CN1. The lowest BCUT2D eigenvalue weighted by molar-refractivity contribution is 0.505. The summed E-state index contributed by atoms with van der Waals surface area (Å²) in [6, 6.07) is 17.7. The van der Waals surface area contributed by atoms with Crippen molar-refractivity contribution >= 4 is 0 Å². The van der Waals surface area contributed by atoms with E-state index in [0.717, 1.165) is 6.42 Å². The second-order valence-electron chi connectivity index (χ2n) is 7.49. The van der Waals surface area contributed by atoms with Gasteiger partial charge in [0.15, 0.2) is 0 Å². The lowest BCUT2D eigenvalue weighted by atomic mass is 9.84. The van der Waals surface area contributed by atoms with E-state index >= 15 is 0 Å². The van der Waals surface area contributed by atoms with Crippen LogP contribution in [0.25, 0.3) is 11.1 Å². The highest BCUT2D eigenvalue weighted by Crippen LogP contribution is 2.32. The van der Waals surface area contributed by atoms with Gasteiger partial charge >= 0.3 is 0 Å². The van der Waals surface area contributed by atoms with E-state index in [4.69, 9.17) is 0 Å². The predicted molar refractivity (Wildman–Crippen MR) is 104 cm³/mol. The third kappa shape index (κ3) is 3.46. The first-order valence-corrected chi connectivity index (χ1v) is 8.82. The number of benzene rings is 2. The average molecular weight is 317 g/mol. The molecule has 0 aromatic heterocycles. The molecule has 1 heterocycles. The Kier molecular flexibility index (Phi) is 4.62. The minimum atomic E-state index is 0.175. The summed E-state index contributed by atoms with van der Waals surface area (Å²) in [7, 11) is 0. The minimum absolute atomic E-state index is 0.175. The molecular formula is C23H27N. The first-order chi connectivity index (χ1) is 11.5. The topological polar surface area (TPSA) is 12.0 Å². The van der Waals surface area contributed by atoms with Crippen molar-refractivity contribution in [3.05, 3.63) is 83.6 Å². The molecule has 1 unspecified atom stereocenters. The Morgan fingerprint density at radius 2 is 1.71 bits per heavy atom. The van der Waals surface area contributed by atoms with Gasteiger partial charge in [-0.2, -0.15) is 0 Å². The van der Waals surface area contributed by atoms with E-state index < -0.39 is 0 Å². The first kappa shape index (κ1) is 16.6. The largest absolute Gasteiger partial charge is 0.380 e. The molecule has 1 N–H and O–H groups in total. The number of hydrogen-bond acceptors (Lipinski definition) is 1. The van der Waals surface area contributed by atoms with Crippen LogP contribution in [0.1, 0.15) is 44.9 Å². The third-order valence-electron chi connectivity index (χ3n) is 4.72. The highest BCUT2D eigenvalue weighted by molar-refractivity contribution is 5.65. The van der Waals surface area contributed by atoms with Crippen molar-refractivity contribution in [2.75, 3.05) is 0 Å². The Balaban J connectivity index is 1.94. The fourth-order valence-corrected chi connectivity index (χ4v) is 3.16. The Morgan fingerprint density at radius 1 is 0.958 bits per heavy atom. The molecule has 0 radical (unpaired) electrons. The van der Waals surface area contributed by atoms with Gasteiger partial charge in [0.05, 0.1) is 6.04 Å². The van der Waals surface area contributed by atoms with E-state index in [1.54, 1.807) is 0 Å². The Hall–Kier alpha value is -2.28. The summed E-state index contributed by atoms with van der Waals surface area (Å²) in [5, 5.41) is 3.60. The highest BCUT2D eigenvalue weighted by atomic mass is 14.9. The molecule has 1 aliphatic heterocycles. The summed E-state index contributed by atoms with van der Waals surface area (Å²) in [5.74, 6) is 0. The first-order valence-electron chi connectivity index (χ1n) is 8.82. The zero-order valence-corrected chi connectivity index (χ0v) is 15.1. The fourth-order valence-electron chi connectivity index (χ4n) is 3.16. The molecule has 2 aromatic rings. The zero-order chi connectivity index (χ0) is 17.2. The van der Waals surface area contributed by atoms with Crippen LogP contribution in [0.3, 0.4) is 0 Å². The molecule has 0 saturated heterocycles. The van der Waals surface area contributed by atoms with Gasteiger partial charge in [0, 0.05) is 6.20 Å². The summed E-state index contributed by atoms with van der Waals surface area (Å²) >= 11 is 0. The van der Waals surface area contributed by atoms with Crippen molar-refractivity contribution in [3.8, 4) is 11.1 Å². The van der Waals surface area contributed by atoms with Crippen LogP contribution >= 0.6 is 0 Å². The van der Waals surface area contributed by atoms with Gasteiger partial charge in [-0.05, 0) is 45.7 Å². The van der Waals surface area contributed by atoms with Crippen LogP contribution in [0, 0.1) is 5.41 Å². The summed E-state index contributed by atoms with van der Waals surface area (Å²) < 4.78 is 0. The van der Waals surface area contributed by atoms with E-state index in [9.17, 15) is 0 Å². The molecule has 24 heavy (non-hydrogen) atoms. The van der Waals surface area contributed by atoms with E-state index in [1.807, 2.05) is 0 Å². The molecule has 0 aliphatic carbocycles. The van der Waals surface area contributed by atoms with Crippen LogP contribution in [-0.4, -0.2) is 0 Å². The maximum Gasteiger partial charge on any atom is 0.0698 e. The van der Waals surface area contributed by atoms with Gasteiger partial charge in [-0.25, -0.2) is 0 Å². The van der Waals surface area contributed by atoms with Gasteiger partial charge < -0.3 is 5.32 Å². The highest BCUT2D eigenvalue weighted by Gasteiger charge is 2.20. The van der Waals surface area contributed by atoms with Crippen molar-refractivity contribution in [2.45, 2.75) is 40.2 Å². The standard InChI is InChI=1S/C23H27N/c1-5-17-11-12-19(18-9-7-6-8-10-18)15-21(17)22-14-13-20(16-24-22)23(2,3)4/h6-16,22,24H,5H2,1-4H3. The number of allylic oxidation sites excluding steroid dienone is 2. The Morgan fingerprint density at radius 3 is 2.29 bits per heavy atom. The van der Waals surface area contributed by atoms with Crippen molar-refractivity contribution < 1.29 is 0 Å². The second-order valence-corrected chi connectivity index (χ2v) is 7.49. The molecule has 1 aliphatic rings. The van der Waals surface area contributed by atoms with Crippen molar-refractivity contribution in [3.63, 3.8) is 0 Å². The number of rotatable bonds is 3. The molecule has 1 heteroatoms. The number of dihydropyridines is 1. The average Bonchev–Trinajstić information content (AvgIpc) is 2.61. The molecule has 1 atom stereocenters. The van der Waals surface area contributed by atoms with Crippen LogP contribution < -0.4 is 5.32 Å². The van der Waals surface area contributed by atoms with Gasteiger partial charge in [-0.3, -0.25) is 0 Å². The van der Waals surface area contributed by atoms with Crippen LogP contribution in [0.15, 0.2) is 72.5 Å². The number of hydrogen-bond donors (Lipinski definition) is 1. The van der Waals surface area contributed by atoms with E-state index in [2.05, 4.69) is 99.9 Å². The van der Waals surface area contributed by atoms with Crippen molar-refractivity contribution in [1.82, 2.24) is 5.32 Å². The van der Waals surface area contributed by atoms with Crippen molar-refractivity contribution in [2.24, 2.45) is 5.41 Å². The zero-order valence-electron chi connectivity index (χ0n) is 15.1. The van der Waals surface area contributed by atoms with E-state index in [-0.39, 0.29) is 11.5 Å². The predicted octanol–water partition coefficient (Wildman–Crippen LogP) is 6.05. The molecule has 0 fully saturated rings. The molecular weight excluding hydrogens is 290 g/mol. The molecule has 0 bridgehead atoms. The lowest BCUT2D eigenvalue weighted by Crippen LogP contribution is -2.22. The van der Waals surface area contributed by atoms with Gasteiger partial charge in [-0.1, -0.05) is 82.3 Å². The van der Waals surface area contributed by atoms with E-state index in [0.29, 0.717) is 0 Å². The molecule has 0 amide bonds. The smallest absolute Gasteiger partial charge is 0.0698 e. The molecule has 0 saturated carbocycles. The lowest BCUT2D eigenvalue weighted by Gasteiger charge is -2.27. The molecule has 3 rings (SSSR count). The second kappa shape index (κ2) is 6.68. The van der Waals surface area contributed by atoms with Crippen LogP contribution in [0.2, 0.25) is 0 Å². The summed E-state index contributed by atoms with van der Waals surface area (Å²) in [5.41, 5.74) is 6.85. The van der Waals surface area contributed by atoms with Crippen LogP contribution in [0.5, 0.6) is 0 Å². The summed E-state index contributed by atoms with van der Waals surface area (Å²) in [4.78, 5) is 0. The quantitative estimate of drug-likeness (QED) is 0.727. The molecule has 124 valence electrons. The van der Waals surface area contributed by atoms with Crippen LogP contribution in [-0.2, 0) is 6.42 Å². The van der Waals surface area contributed by atoms with E-state index in [1.165, 1.54) is 27.8 Å². The third-order valence-corrected chi connectivity index (χ3v) is 4.72.